The van der Waals surface area contributed by atoms with Gasteiger partial charge in [-0.3, -0.25) is 0 Å². The molecular formula is C13H25N5. The number of nitrogens with zero attached hydrogens (tertiary/aromatic N) is 3. The first-order chi connectivity index (χ1) is 8.52. The van der Waals surface area contributed by atoms with Crippen molar-refractivity contribution in [1.82, 2.24) is 14.9 Å². The maximum Gasteiger partial charge on any atom is 0.135 e. The second kappa shape index (κ2) is 7.16. The molecule has 0 unspecified atom stereocenters. The summed E-state index contributed by atoms with van der Waals surface area (Å²) in [7, 11) is 6.05. The van der Waals surface area contributed by atoms with Crippen LogP contribution in [0.25, 0.3) is 0 Å². The lowest BCUT2D eigenvalue weighted by Crippen LogP contribution is -2.17. The van der Waals surface area contributed by atoms with Gasteiger partial charge in [-0.15, -0.1) is 0 Å². The molecule has 1 aromatic rings. The summed E-state index contributed by atoms with van der Waals surface area (Å²) in [4.78, 5) is 11.1. The summed E-state index contributed by atoms with van der Waals surface area (Å²) in [5.41, 5.74) is 0. The van der Waals surface area contributed by atoms with Crippen molar-refractivity contribution in [3.63, 3.8) is 0 Å². The summed E-state index contributed by atoms with van der Waals surface area (Å²) in [5.74, 6) is 2.97. The molecule has 1 aromatic heterocycles. The van der Waals surface area contributed by atoms with E-state index in [9.17, 15) is 0 Å². The summed E-state index contributed by atoms with van der Waals surface area (Å²) in [6, 6.07) is 1.95. The standard InChI is InChI=1S/C13H25N5/c1-10(2)13-16-11(14-3)9-12(17-13)15-7-6-8-18(4)5/h9-10H,6-8H2,1-5H3,(H2,14,15,16,17). The van der Waals surface area contributed by atoms with Gasteiger partial charge in [-0.1, -0.05) is 13.8 Å². The van der Waals surface area contributed by atoms with Gasteiger partial charge in [0.15, 0.2) is 0 Å². The van der Waals surface area contributed by atoms with Crippen LogP contribution in [0.4, 0.5) is 11.6 Å². The van der Waals surface area contributed by atoms with Gasteiger partial charge in [0.2, 0.25) is 0 Å². The molecule has 0 fully saturated rings. The topological polar surface area (TPSA) is 53.1 Å². The van der Waals surface area contributed by atoms with Gasteiger partial charge >= 0.3 is 0 Å². The third-order valence-electron chi connectivity index (χ3n) is 2.60. The largest absolute Gasteiger partial charge is 0.373 e. The number of aromatic nitrogens is 2. The van der Waals surface area contributed by atoms with E-state index in [0.717, 1.165) is 37.0 Å². The molecule has 0 atom stereocenters. The summed E-state index contributed by atoms with van der Waals surface area (Å²) in [5, 5.41) is 6.42. The first-order valence-corrected chi connectivity index (χ1v) is 6.48. The highest BCUT2D eigenvalue weighted by molar-refractivity contribution is 5.47. The molecular weight excluding hydrogens is 226 g/mol. The van der Waals surface area contributed by atoms with E-state index < -0.39 is 0 Å². The third-order valence-corrected chi connectivity index (χ3v) is 2.60. The predicted molar refractivity (Wildman–Crippen MR) is 77.3 cm³/mol. The summed E-state index contributed by atoms with van der Waals surface area (Å²) in [6.45, 7) is 6.21. The number of rotatable bonds is 7. The molecule has 0 aliphatic rings. The van der Waals surface area contributed by atoms with Gasteiger partial charge in [-0.2, -0.15) is 0 Å². The molecule has 0 spiro atoms. The van der Waals surface area contributed by atoms with E-state index in [0.29, 0.717) is 5.92 Å². The lowest BCUT2D eigenvalue weighted by Gasteiger charge is -2.13. The zero-order valence-electron chi connectivity index (χ0n) is 12.1. The zero-order chi connectivity index (χ0) is 13.5. The Morgan fingerprint density at radius 2 is 1.89 bits per heavy atom. The van der Waals surface area contributed by atoms with Crippen molar-refractivity contribution in [3.05, 3.63) is 11.9 Å². The Morgan fingerprint density at radius 3 is 2.44 bits per heavy atom. The highest BCUT2D eigenvalue weighted by atomic mass is 15.1. The molecule has 5 heteroatoms. The monoisotopic (exact) mass is 251 g/mol. The van der Waals surface area contributed by atoms with Crippen LogP contribution >= 0.6 is 0 Å². The van der Waals surface area contributed by atoms with Crippen LogP contribution in [0.1, 0.15) is 32.0 Å². The van der Waals surface area contributed by atoms with Gasteiger partial charge in [0.05, 0.1) is 0 Å². The summed E-state index contributed by atoms with van der Waals surface area (Å²) >= 11 is 0. The van der Waals surface area contributed by atoms with Crippen molar-refractivity contribution in [2.75, 3.05) is 44.9 Å². The maximum absolute atomic E-state index is 4.52. The van der Waals surface area contributed by atoms with E-state index in [1.165, 1.54) is 0 Å². The van der Waals surface area contributed by atoms with E-state index in [-0.39, 0.29) is 0 Å². The van der Waals surface area contributed by atoms with Crippen molar-refractivity contribution in [3.8, 4) is 0 Å². The van der Waals surface area contributed by atoms with E-state index in [1.807, 2.05) is 13.1 Å². The molecule has 0 saturated heterocycles. The van der Waals surface area contributed by atoms with Crippen LogP contribution in [0.2, 0.25) is 0 Å². The molecule has 5 nitrogen and oxygen atoms in total. The fraction of sp³-hybridized carbons (Fsp3) is 0.692. The molecule has 0 saturated carbocycles. The Hall–Kier alpha value is -1.36. The normalized spacial score (nSPS) is 11.1. The number of anilines is 2. The van der Waals surface area contributed by atoms with Crippen LogP contribution in [-0.2, 0) is 0 Å². The Morgan fingerprint density at radius 1 is 1.22 bits per heavy atom. The molecule has 0 aromatic carbocycles. The van der Waals surface area contributed by atoms with Crippen molar-refractivity contribution in [2.45, 2.75) is 26.2 Å². The van der Waals surface area contributed by atoms with E-state index in [4.69, 9.17) is 0 Å². The van der Waals surface area contributed by atoms with Gasteiger partial charge in [-0.05, 0) is 27.1 Å². The smallest absolute Gasteiger partial charge is 0.135 e. The molecule has 0 aliphatic heterocycles. The maximum atomic E-state index is 4.52. The molecule has 0 bridgehead atoms. The van der Waals surface area contributed by atoms with Crippen molar-refractivity contribution in [2.24, 2.45) is 0 Å². The van der Waals surface area contributed by atoms with Crippen molar-refractivity contribution >= 4 is 11.6 Å². The molecule has 18 heavy (non-hydrogen) atoms. The minimum absolute atomic E-state index is 0.334. The Bertz CT molecular complexity index is 362. The third kappa shape index (κ3) is 4.87. The van der Waals surface area contributed by atoms with Crippen LogP contribution in [0, 0.1) is 0 Å². The van der Waals surface area contributed by atoms with Crippen LogP contribution in [0.3, 0.4) is 0 Å². The molecule has 1 rings (SSSR count). The molecule has 0 amide bonds. The SMILES string of the molecule is CNc1cc(NCCCN(C)C)nc(C(C)C)n1. The summed E-state index contributed by atoms with van der Waals surface area (Å²) in [6.07, 6.45) is 1.10. The van der Waals surface area contributed by atoms with Gasteiger partial charge in [0.1, 0.15) is 17.5 Å². The van der Waals surface area contributed by atoms with Crippen LogP contribution in [0.5, 0.6) is 0 Å². The minimum Gasteiger partial charge on any atom is -0.373 e. The Kier molecular flexibility index (Phi) is 5.85. The van der Waals surface area contributed by atoms with Crippen molar-refractivity contribution < 1.29 is 0 Å². The average Bonchev–Trinajstić information content (AvgIpc) is 2.34. The second-order valence-electron chi connectivity index (χ2n) is 4.98. The van der Waals surface area contributed by atoms with Gasteiger partial charge in [0, 0.05) is 25.6 Å². The second-order valence-corrected chi connectivity index (χ2v) is 4.98. The molecule has 1 heterocycles. The average molecular weight is 251 g/mol. The molecule has 0 radical (unpaired) electrons. The van der Waals surface area contributed by atoms with Gasteiger partial charge in [-0.25, -0.2) is 9.97 Å². The lowest BCUT2D eigenvalue weighted by atomic mass is 10.2. The summed E-state index contributed by atoms with van der Waals surface area (Å²) < 4.78 is 0. The number of hydrogen-bond donors (Lipinski definition) is 2. The van der Waals surface area contributed by atoms with E-state index in [2.05, 4.69) is 53.4 Å². The van der Waals surface area contributed by atoms with Crippen molar-refractivity contribution in [1.29, 1.82) is 0 Å². The lowest BCUT2D eigenvalue weighted by molar-refractivity contribution is 0.405. The highest BCUT2D eigenvalue weighted by Crippen LogP contribution is 2.16. The fourth-order valence-corrected chi connectivity index (χ4v) is 1.55. The Balaban J connectivity index is 2.61. The Labute approximate surface area is 110 Å². The fourth-order valence-electron chi connectivity index (χ4n) is 1.55. The van der Waals surface area contributed by atoms with E-state index in [1.54, 1.807) is 0 Å². The number of hydrogen-bond acceptors (Lipinski definition) is 5. The van der Waals surface area contributed by atoms with Crippen LogP contribution < -0.4 is 10.6 Å². The number of nitrogens with one attached hydrogen (secondary N) is 2. The first-order valence-electron chi connectivity index (χ1n) is 6.48. The zero-order valence-corrected chi connectivity index (χ0v) is 12.1. The predicted octanol–water partition coefficient (Wildman–Crippen LogP) is 2.01. The highest BCUT2D eigenvalue weighted by Gasteiger charge is 2.07. The quantitative estimate of drug-likeness (QED) is 0.726. The van der Waals surface area contributed by atoms with Gasteiger partial charge in [0.25, 0.3) is 0 Å². The minimum atomic E-state index is 0.334. The van der Waals surface area contributed by atoms with Crippen LogP contribution in [0.15, 0.2) is 6.07 Å². The van der Waals surface area contributed by atoms with E-state index >= 15 is 0 Å². The van der Waals surface area contributed by atoms with Crippen LogP contribution in [-0.4, -0.2) is 49.1 Å². The molecule has 102 valence electrons. The molecule has 2 N–H and O–H groups in total. The molecule has 0 aliphatic carbocycles. The first kappa shape index (κ1) is 14.7. The van der Waals surface area contributed by atoms with Gasteiger partial charge < -0.3 is 15.5 Å².